The number of nitrogens with zero attached hydrogens (tertiary/aromatic N) is 1. The van der Waals surface area contributed by atoms with Gasteiger partial charge in [0, 0.05) is 37.8 Å². The Morgan fingerprint density at radius 2 is 1.23 bits per heavy atom. The third-order valence-corrected chi connectivity index (χ3v) is 9.69. The normalized spacial score (nSPS) is 17.1. The minimum absolute atomic E-state index is 0.0223. The number of hydrogen-bond acceptors (Lipinski definition) is 4. The molecule has 0 fully saturated rings. The summed E-state index contributed by atoms with van der Waals surface area (Å²) in [7, 11) is 0. The Balaban J connectivity index is 1.77. The number of halogens is 4. The second-order valence-corrected chi connectivity index (χ2v) is 14.3. The third kappa shape index (κ3) is 6.97. The quantitative estimate of drug-likeness (QED) is 0.148. The van der Waals surface area contributed by atoms with Gasteiger partial charge in [0.2, 0.25) is 0 Å². The van der Waals surface area contributed by atoms with E-state index in [1.54, 1.807) is 0 Å². The lowest BCUT2D eigenvalue weighted by Gasteiger charge is -2.46. The molecule has 4 aromatic carbocycles. The first-order valence-corrected chi connectivity index (χ1v) is 17.1. The molecule has 5 rings (SSSR count). The number of nitrogens with one attached hydrogen (secondary N) is 1. The summed E-state index contributed by atoms with van der Waals surface area (Å²) in [6, 6.07) is 33.6. The molecule has 0 amide bonds. The van der Waals surface area contributed by atoms with Crippen molar-refractivity contribution in [2.45, 2.75) is 25.4 Å². The summed E-state index contributed by atoms with van der Waals surface area (Å²) >= 11 is 9.32. The maximum Gasteiger partial charge on any atom is 0.338 e. The van der Waals surface area contributed by atoms with Crippen LogP contribution in [0.2, 0.25) is 0 Å². The standard InChI is InChI=1S/C32H26I4N2O2/c1-2-40-32(39)30-28(37-26-15-11-24(35)12-16-26)19-29(20-3-7-22(33)8-4-20)38(27-17-13-25(36)14-18-27)31(30)21-5-9-23(34)10-6-21/h3-18,29,31,37H,2,19H2,1H3. The molecule has 8 heteroatoms. The van der Waals surface area contributed by atoms with Gasteiger partial charge in [-0.2, -0.15) is 0 Å². The van der Waals surface area contributed by atoms with Gasteiger partial charge in [0.05, 0.1) is 24.3 Å². The first-order chi connectivity index (χ1) is 19.3. The number of carbonyl (C=O) groups is 1. The zero-order valence-electron chi connectivity index (χ0n) is 21.6. The van der Waals surface area contributed by atoms with Crippen molar-refractivity contribution in [3.05, 3.63) is 134 Å². The molecule has 0 saturated heterocycles. The number of benzene rings is 4. The van der Waals surface area contributed by atoms with Gasteiger partial charge in [-0.25, -0.2) is 4.79 Å². The summed E-state index contributed by atoms with van der Waals surface area (Å²) in [5.41, 5.74) is 5.76. The summed E-state index contributed by atoms with van der Waals surface area (Å²) in [6.45, 7) is 2.17. The monoisotopic (exact) mass is 978 g/mol. The van der Waals surface area contributed by atoms with Crippen molar-refractivity contribution in [1.29, 1.82) is 0 Å². The van der Waals surface area contributed by atoms with E-state index < -0.39 is 0 Å². The fourth-order valence-corrected chi connectivity index (χ4v) is 6.47. The molecule has 1 N–H and O–H groups in total. The summed E-state index contributed by atoms with van der Waals surface area (Å²) < 4.78 is 10.4. The molecule has 4 aromatic rings. The fraction of sp³-hybridized carbons (Fsp3) is 0.156. The van der Waals surface area contributed by atoms with Crippen molar-refractivity contribution < 1.29 is 9.53 Å². The van der Waals surface area contributed by atoms with E-state index in [0.29, 0.717) is 18.6 Å². The van der Waals surface area contributed by atoms with E-state index in [-0.39, 0.29) is 18.1 Å². The molecule has 2 atom stereocenters. The van der Waals surface area contributed by atoms with E-state index in [2.05, 4.69) is 198 Å². The highest BCUT2D eigenvalue weighted by atomic mass is 127. The highest BCUT2D eigenvalue weighted by molar-refractivity contribution is 14.1. The largest absolute Gasteiger partial charge is 0.463 e. The van der Waals surface area contributed by atoms with Crippen LogP contribution in [0.3, 0.4) is 0 Å². The lowest BCUT2D eigenvalue weighted by atomic mass is 9.84. The molecule has 0 aliphatic carbocycles. The van der Waals surface area contributed by atoms with Crippen LogP contribution in [0.1, 0.15) is 36.6 Å². The van der Waals surface area contributed by atoms with Crippen LogP contribution in [0.5, 0.6) is 0 Å². The van der Waals surface area contributed by atoms with Gasteiger partial charge in [-0.3, -0.25) is 0 Å². The van der Waals surface area contributed by atoms with Gasteiger partial charge in [0.15, 0.2) is 0 Å². The molecule has 1 aliphatic rings. The van der Waals surface area contributed by atoms with Crippen molar-refractivity contribution >= 4 is 108 Å². The average Bonchev–Trinajstić information content (AvgIpc) is 2.95. The number of esters is 1. The zero-order valence-corrected chi connectivity index (χ0v) is 30.2. The fourth-order valence-electron chi connectivity index (χ4n) is 5.03. The molecule has 0 bridgehead atoms. The molecule has 4 nitrogen and oxygen atoms in total. The molecule has 0 saturated carbocycles. The van der Waals surface area contributed by atoms with E-state index in [1.165, 1.54) is 9.13 Å². The Morgan fingerprint density at radius 1 is 0.750 bits per heavy atom. The Kier molecular flexibility index (Phi) is 10.3. The number of carbonyl (C=O) groups excluding carboxylic acids is 1. The number of anilines is 2. The van der Waals surface area contributed by atoms with Gasteiger partial charge in [-0.15, -0.1) is 0 Å². The molecule has 204 valence electrons. The van der Waals surface area contributed by atoms with Gasteiger partial charge in [0.25, 0.3) is 0 Å². The van der Waals surface area contributed by atoms with Crippen LogP contribution >= 0.6 is 90.4 Å². The van der Waals surface area contributed by atoms with Crippen LogP contribution in [0, 0.1) is 14.3 Å². The van der Waals surface area contributed by atoms with Crippen LogP contribution in [0.15, 0.2) is 108 Å². The van der Waals surface area contributed by atoms with Gasteiger partial charge < -0.3 is 15.0 Å². The van der Waals surface area contributed by atoms with Gasteiger partial charge >= 0.3 is 5.97 Å². The second-order valence-electron chi connectivity index (χ2n) is 9.35. The molecule has 40 heavy (non-hydrogen) atoms. The molecule has 0 spiro atoms. The van der Waals surface area contributed by atoms with E-state index >= 15 is 0 Å². The lowest BCUT2D eigenvalue weighted by molar-refractivity contribution is -0.139. The predicted molar refractivity (Wildman–Crippen MR) is 196 cm³/mol. The highest BCUT2D eigenvalue weighted by Gasteiger charge is 2.41. The molecule has 0 radical (unpaired) electrons. The lowest BCUT2D eigenvalue weighted by Crippen LogP contribution is -2.41. The Hall–Kier alpha value is -1.39. The van der Waals surface area contributed by atoms with E-state index in [1.807, 2.05) is 6.92 Å². The van der Waals surface area contributed by atoms with Gasteiger partial charge in [-0.05, 0) is 181 Å². The molecular formula is C32H26I4N2O2. The molecule has 1 aliphatic heterocycles. The van der Waals surface area contributed by atoms with Crippen molar-refractivity contribution in [3.63, 3.8) is 0 Å². The Morgan fingerprint density at radius 3 is 1.75 bits per heavy atom. The minimum atomic E-state index is -0.361. The maximum absolute atomic E-state index is 13.9. The maximum atomic E-state index is 13.9. The van der Waals surface area contributed by atoms with E-state index in [4.69, 9.17) is 4.74 Å². The summed E-state index contributed by atoms with van der Waals surface area (Å²) in [5.74, 6) is -0.296. The van der Waals surface area contributed by atoms with Crippen molar-refractivity contribution in [2.24, 2.45) is 0 Å². The van der Waals surface area contributed by atoms with E-state index in [0.717, 1.165) is 33.3 Å². The number of ether oxygens (including phenoxy) is 1. The van der Waals surface area contributed by atoms with Crippen LogP contribution in [0.25, 0.3) is 0 Å². The second kappa shape index (κ2) is 13.7. The first-order valence-electron chi connectivity index (χ1n) is 12.8. The minimum Gasteiger partial charge on any atom is -0.463 e. The summed E-state index contributed by atoms with van der Waals surface area (Å²) in [5, 5.41) is 3.65. The van der Waals surface area contributed by atoms with Crippen LogP contribution in [0.4, 0.5) is 11.4 Å². The molecule has 1 heterocycles. The topological polar surface area (TPSA) is 41.6 Å². The van der Waals surface area contributed by atoms with Crippen LogP contribution < -0.4 is 10.2 Å². The van der Waals surface area contributed by atoms with E-state index in [9.17, 15) is 4.79 Å². The Bertz CT molecular complexity index is 1500. The molecule has 2 unspecified atom stereocenters. The summed E-state index contributed by atoms with van der Waals surface area (Å²) in [4.78, 5) is 16.3. The smallest absolute Gasteiger partial charge is 0.338 e. The van der Waals surface area contributed by atoms with Gasteiger partial charge in [-0.1, -0.05) is 24.3 Å². The van der Waals surface area contributed by atoms with Crippen LogP contribution in [-0.4, -0.2) is 12.6 Å². The molecule has 0 aromatic heterocycles. The van der Waals surface area contributed by atoms with Crippen molar-refractivity contribution in [3.8, 4) is 0 Å². The number of rotatable bonds is 7. The van der Waals surface area contributed by atoms with Crippen molar-refractivity contribution in [1.82, 2.24) is 0 Å². The third-order valence-electron chi connectivity index (χ3n) is 6.81. The SMILES string of the molecule is CCOC(=O)C1=C(Nc2ccc(I)cc2)CC(c2ccc(I)cc2)N(c2ccc(I)cc2)C1c1ccc(I)cc1. The predicted octanol–water partition coefficient (Wildman–Crippen LogP) is 9.73. The zero-order chi connectivity index (χ0) is 28.2. The van der Waals surface area contributed by atoms with Gasteiger partial charge in [0.1, 0.15) is 0 Å². The average molecular weight is 978 g/mol. The van der Waals surface area contributed by atoms with Crippen molar-refractivity contribution in [2.75, 3.05) is 16.8 Å². The highest BCUT2D eigenvalue weighted by Crippen LogP contribution is 2.48. The molecular weight excluding hydrogens is 952 g/mol. The summed E-state index contributed by atoms with van der Waals surface area (Å²) in [6.07, 6.45) is 0.619. The first kappa shape index (κ1) is 30.1. The Labute approximate surface area is 289 Å². The van der Waals surface area contributed by atoms with Crippen LogP contribution in [-0.2, 0) is 9.53 Å². The number of hydrogen-bond donors (Lipinski definition) is 1.